The van der Waals surface area contributed by atoms with Gasteiger partial charge < -0.3 is 19.8 Å². The molecule has 5 atom stereocenters. The average Bonchev–Trinajstić information content (AvgIpc) is 2.96. The molecule has 1 saturated carbocycles. The van der Waals surface area contributed by atoms with Gasteiger partial charge in [-0.3, -0.25) is 14.3 Å². The Balaban J connectivity index is 1.82. The third-order valence-corrected chi connectivity index (χ3v) is 5.49. The molecular weight excluding hydrogens is 330 g/mol. The summed E-state index contributed by atoms with van der Waals surface area (Å²) in [7, 11) is 0. The van der Waals surface area contributed by atoms with Gasteiger partial charge in [0.2, 0.25) is 5.79 Å². The fourth-order valence-electron chi connectivity index (χ4n) is 4.22. The van der Waals surface area contributed by atoms with Crippen LogP contribution in [0.15, 0.2) is 20.9 Å². The molecule has 1 saturated heterocycles. The number of rotatable bonds is 2. The number of H-pyrrole nitrogens is 1. The molecule has 3 heterocycles. The summed E-state index contributed by atoms with van der Waals surface area (Å²) in [5, 5.41) is 24.5. The molecule has 0 spiro atoms. The maximum atomic E-state index is 12.3. The van der Waals surface area contributed by atoms with Crippen molar-refractivity contribution in [2.75, 3.05) is 6.61 Å². The fourth-order valence-corrected chi connectivity index (χ4v) is 4.22. The van der Waals surface area contributed by atoms with E-state index in [-0.39, 0.29) is 12.5 Å². The molecule has 2 fully saturated rings. The van der Waals surface area contributed by atoms with E-state index in [9.17, 15) is 19.8 Å². The predicted octanol–water partition coefficient (Wildman–Crippen LogP) is -0.384. The lowest BCUT2D eigenvalue weighted by Gasteiger charge is -2.44. The smallest absolute Gasteiger partial charge is 0.330 e. The maximum absolute atomic E-state index is 12.3. The highest BCUT2D eigenvalue weighted by Gasteiger charge is 2.58. The average molecular weight is 351 g/mol. The molecule has 0 radical (unpaired) electrons. The van der Waals surface area contributed by atoms with Gasteiger partial charge in [-0.05, 0) is 19.8 Å². The van der Waals surface area contributed by atoms with E-state index in [1.165, 1.54) is 10.8 Å². The van der Waals surface area contributed by atoms with E-state index in [2.05, 4.69) is 10.1 Å². The summed E-state index contributed by atoms with van der Waals surface area (Å²) >= 11 is 0. The van der Waals surface area contributed by atoms with Gasteiger partial charge in [-0.15, -0.1) is 0 Å². The van der Waals surface area contributed by atoms with Crippen LogP contribution in [0.1, 0.15) is 37.5 Å². The number of aromatic amines is 1. The summed E-state index contributed by atoms with van der Waals surface area (Å²) in [5.41, 5.74) is -0.169. The Bertz CT molecular complexity index is 830. The molecule has 0 amide bonds. The monoisotopic (exact) mass is 351 g/mol. The van der Waals surface area contributed by atoms with E-state index in [0.717, 1.165) is 12.8 Å². The molecule has 3 aliphatic rings. The zero-order valence-electron chi connectivity index (χ0n) is 13.8. The SMILES string of the molecule is Cc1cn([C@@H]2O[C@H](CO)C3=NO[C@]4(O)CCCCC4[C@H]32)c(=O)[nH]c1=O. The quantitative estimate of drug-likeness (QED) is 0.666. The van der Waals surface area contributed by atoms with Crippen LogP contribution in [0.2, 0.25) is 0 Å². The van der Waals surface area contributed by atoms with E-state index in [4.69, 9.17) is 9.57 Å². The molecule has 2 aliphatic heterocycles. The number of fused-ring (bicyclic) bond motifs is 3. The Morgan fingerprint density at radius 1 is 1.44 bits per heavy atom. The Kier molecular flexibility index (Phi) is 3.82. The lowest BCUT2D eigenvalue weighted by molar-refractivity contribution is -0.271. The van der Waals surface area contributed by atoms with Gasteiger partial charge in [-0.25, -0.2) is 4.79 Å². The van der Waals surface area contributed by atoms with Crippen molar-refractivity contribution in [3.8, 4) is 0 Å². The minimum Gasteiger partial charge on any atom is -0.393 e. The Morgan fingerprint density at radius 2 is 2.24 bits per heavy atom. The van der Waals surface area contributed by atoms with Gasteiger partial charge >= 0.3 is 5.69 Å². The second-order valence-corrected chi connectivity index (χ2v) is 7.01. The second kappa shape index (κ2) is 5.79. The van der Waals surface area contributed by atoms with Crippen molar-refractivity contribution in [3.63, 3.8) is 0 Å². The topological polar surface area (TPSA) is 126 Å². The van der Waals surface area contributed by atoms with E-state index in [1.54, 1.807) is 6.92 Å². The van der Waals surface area contributed by atoms with E-state index >= 15 is 0 Å². The molecule has 1 aromatic heterocycles. The van der Waals surface area contributed by atoms with Crippen molar-refractivity contribution in [2.45, 2.75) is 50.7 Å². The largest absolute Gasteiger partial charge is 0.393 e. The number of aryl methyl sites for hydroxylation is 1. The highest BCUT2D eigenvalue weighted by Crippen LogP contribution is 2.50. The Morgan fingerprint density at radius 3 is 3.00 bits per heavy atom. The number of oxime groups is 1. The van der Waals surface area contributed by atoms with E-state index < -0.39 is 35.3 Å². The van der Waals surface area contributed by atoms with Crippen LogP contribution in [0, 0.1) is 18.8 Å². The summed E-state index contributed by atoms with van der Waals surface area (Å²) in [6, 6.07) is 0. The van der Waals surface area contributed by atoms with E-state index in [1.807, 2.05) is 0 Å². The van der Waals surface area contributed by atoms with Gasteiger partial charge in [-0.1, -0.05) is 11.6 Å². The van der Waals surface area contributed by atoms with Crippen LogP contribution in [0.3, 0.4) is 0 Å². The molecule has 9 heteroatoms. The summed E-state index contributed by atoms with van der Waals surface area (Å²) in [6.07, 6.45) is 2.89. The molecule has 136 valence electrons. The molecular formula is C16H21N3O6. The zero-order valence-corrected chi connectivity index (χ0v) is 13.8. The number of aliphatic hydroxyl groups is 2. The maximum Gasteiger partial charge on any atom is 0.330 e. The summed E-state index contributed by atoms with van der Waals surface area (Å²) in [5.74, 6) is -2.09. The minimum atomic E-state index is -1.39. The molecule has 0 bridgehead atoms. The van der Waals surface area contributed by atoms with Gasteiger partial charge in [-0.2, -0.15) is 0 Å². The molecule has 9 nitrogen and oxygen atoms in total. The summed E-state index contributed by atoms with van der Waals surface area (Å²) in [4.78, 5) is 31.6. The number of nitrogens with zero attached hydrogens (tertiary/aromatic N) is 2. The highest BCUT2D eigenvalue weighted by molar-refractivity contribution is 5.93. The normalized spacial score (nSPS) is 37.0. The number of ether oxygens (including phenoxy) is 1. The van der Waals surface area contributed by atoms with Gasteiger partial charge in [0.15, 0.2) is 0 Å². The van der Waals surface area contributed by atoms with Crippen LogP contribution >= 0.6 is 0 Å². The third-order valence-electron chi connectivity index (χ3n) is 5.49. The number of nitrogens with one attached hydrogen (secondary N) is 1. The third kappa shape index (κ3) is 2.45. The number of hydrogen-bond donors (Lipinski definition) is 3. The zero-order chi connectivity index (χ0) is 17.8. The van der Waals surface area contributed by atoms with Crippen molar-refractivity contribution < 1.29 is 19.8 Å². The van der Waals surface area contributed by atoms with Crippen molar-refractivity contribution in [1.29, 1.82) is 0 Å². The summed E-state index contributed by atoms with van der Waals surface area (Å²) < 4.78 is 7.19. The van der Waals surface area contributed by atoms with Crippen molar-refractivity contribution >= 4 is 5.71 Å². The lowest BCUT2D eigenvalue weighted by Crippen LogP contribution is -2.52. The molecule has 4 rings (SSSR count). The standard InChI is InChI=1S/C16H21N3O6/c1-8-6-19(15(22)17-13(8)21)14-11-9-4-2-3-5-16(9,23)25-18-12(11)10(7-20)24-14/h6,9-11,14,20,23H,2-5,7H2,1H3,(H,17,21,22)/t9?,10-,11-,14-,16-/m1/s1. The highest BCUT2D eigenvalue weighted by atomic mass is 16.7. The second-order valence-electron chi connectivity index (χ2n) is 7.01. The van der Waals surface area contributed by atoms with Gasteiger partial charge in [0.05, 0.1) is 18.2 Å². The Hall–Kier alpha value is -1.97. The van der Waals surface area contributed by atoms with Crippen molar-refractivity contribution in [1.82, 2.24) is 9.55 Å². The van der Waals surface area contributed by atoms with E-state index in [0.29, 0.717) is 24.1 Å². The first kappa shape index (κ1) is 16.5. The van der Waals surface area contributed by atoms with Gasteiger partial charge in [0.25, 0.3) is 5.56 Å². The molecule has 1 aliphatic carbocycles. The molecule has 25 heavy (non-hydrogen) atoms. The Labute approximate surface area is 142 Å². The lowest BCUT2D eigenvalue weighted by atomic mass is 9.72. The first-order valence-corrected chi connectivity index (χ1v) is 8.51. The van der Waals surface area contributed by atoms with Crippen LogP contribution in [0.25, 0.3) is 0 Å². The van der Waals surface area contributed by atoms with Crippen molar-refractivity contribution in [2.24, 2.45) is 17.0 Å². The van der Waals surface area contributed by atoms with Gasteiger partial charge in [0.1, 0.15) is 12.3 Å². The first-order chi connectivity index (χ1) is 11.9. The first-order valence-electron chi connectivity index (χ1n) is 8.51. The molecule has 1 aromatic rings. The summed E-state index contributed by atoms with van der Waals surface area (Å²) in [6.45, 7) is 1.29. The van der Waals surface area contributed by atoms with Crippen LogP contribution in [-0.2, 0) is 9.57 Å². The number of aromatic nitrogens is 2. The van der Waals surface area contributed by atoms with Crippen LogP contribution in [0.5, 0.6) is 0 Å². The van der Waals surface area contributed by atoms with Crippen LogP contribution in [0.4, 0.5) is 0 Å². The molecule has 1 unspecified atom stereocenters. The van der Waals surface area contributed by atoms with Crippen LogP contribution in [-0.4, -0.2) is 44.0 Å². The molecule has 0 aromatic carbocycles. The minimum absolute atomic E-state index is 0.297. The fraction of sp³-hybridized carbons (Fsp3) is 0.688. The molecule has 3 N–H and O–H groups in total. The van der Waals surface area contributed by atoms with Crippen LogP contribution < -0.4 is 11.2 Å². The number of hydrogen-bond acceptors (Lipinski definition) is 7. The predicted molar refractivity (Wildman–Crippen MR) is 86.0 cm³/mol. The van der Waals surface area contributed by atoms with Crippen molar-refractivity contribution in [3.05, 3.63) is 32.6 Å². The number of aliphatic hydroxyl groups excluding tert-OH is 1. The van der Waals surface area contributed by atoms with Gasteiger partial charge in [0, 0.05) is 24.1 Å².